The smallest absolute Gasteiger partial charge is 0.257 e. The normalized spacial score (nSPS) is 17.3. The standard InChI is InChI=1S/C45H68ClN9O11/c1-36(32-54-35-47-34-50-54)66-43-29-37(3-8-41(43)46)38-30-48-45(49-31-38)51-42-33-55(40-6-4-39(5-7-40)53-9-11-57-12-10-53)52-44(42)65-28-27-64-26-25-63-24-23-62-22-21-61-20-19-60-18-17-59-16-15-58-14-13-56-2/h3,8,29-31,33-36,39-40H,4-7,9-28,32H2,1-2H3,(H,48,49,51)/t36-,39?,40?/m0/s1. The third-order valence-electron chi connectivity index (χ3n) is 10.8. The molecule has 1 aliphatic carbocycles. The maximum Gasteiger partial charge on any atom is 0.257 e. The SMILES string of the molecule is COCCOCCOCCOCCOCCOCCOCCOCCOc1nn(C2CCC(N3CCOCC3)CC2)cc1Nc1ncc(-c2ccc(Cl)c(O[C@@H](C)Cn3cncn3)c2)cn1. The number of halogens is 1. The molecule has 2 fully saturated rings. The van der Waals surface area contributed by atoms with Crippen LogP contribution in [0.1, 0.15) is 38.6 Å². The Bertz CT molecular complexity index is 1870. The van der Waals surface area contributed by atoms with E-state index in [2.05, 4.69) is 30.3 Å². The van der Waals surface area contributed by atoms with E-state index < -0.39 is 0 Å². The van der Waals surface area contributed by atoms with Crippen molar-refractivity contribution in [2.45, 2.75) is 57.3 Å². The van der Waals surface area contributed by atoms with Crippen LogP contribution in [-0.4, -0.2) is 191 Å². The topological polar surface area (TPSA) is 191 Å². The number of morpholine rings is 1. The second kappa shape index (κ2) is 30.3. The van der Waals surface area contributed by atoms with Crippen molar-refractivity contribution in [1.82, 2.24) is 39.4 Å². The monoisotopic (exact) mass is 945 g/mol. The van der Waals surface area contributed by atoms with Gasteiger partial charge in [-0.3, -0.25) is 9.58 Å². The summed E-state index contributed by atoms with van der Waals surface area (Å²) in [6.07, 6.45) is 12.8. The summed E-state index contributed by atoms with van der Waals surface area (Å²) in [7, 11) is 1.65. The minimum absolute atomic E-state index is 0.188. The highest BCUT2D eigenvalue weighted by atomic mass is 35.5. The lowest BCUT2D eigenvalue weighted by Crippen LogP contribution is -2.45. The quantitative estimate of drug-likeness (QED) is 0.0631. The van der Waals surface area contributed by atoms with Crippen LogP contribution in [0.2, 0.25) is 5.02 Å². The molecule has 3 aromatic heterocycles. The Morgan fingerprint density at radius 1 is 0.727 bits per heavy atom. The van der Waals surface area contributed by atoms with Gasteiger partial charge in [0.1, 0.15) is 36.8 Å². The highest BCUT2D eigenvalue weighted by Gasteiger charge is 2.29. The molecular formula is C45H68ClN9O11. The molecule has 6 rings (SSSR count). The number of anilines is 2. The fourth-order valence-corrected chi connectivity index (χ4v) is 7.59. The number of ether oxygens (including phenoxy) is 11. The van der Waals surface area contributed by atoms with Crippen molar-refractivity contribution < 1.29 is 52.1 Å². The number of hydrogen-bond donors (Lipinski definition) is 1. The first-order valence-electron chi connectivity index (χ1n) is 23.0. The van der Waals surface area contributed by atoms with Crippen LogP contribution in [0.15, 0.2) is 49.4 Å². The lowest BCUT2D eigenvalue weighted by molar-refractivity contribution is -0.0227. The Labute approximate surface area is 392 Å². The van der Waals surface area contributed by atoms with Crippen LogP contribution >= 0.6 is 11.6 Å². The van der Waals surface area contributed by atoms with Gasteiger partial charge in [-0.25, -0.2) is 19.6 Å². The van der Waals surface area contributed by atoms with Crippen LogP contribution in [0, 0.1) is 0 Å². The maximum absolute atomic E-state index is 6.51. The Morgan fingerprint density at radius 2 is 1.29 bits per heavy atom. The molecule has 1 atom stereocenters. The first-order valence-corrected chi connectivity index (χ1v) is 23.4. The molecule has 1 saturated carbocycles. The molecule has 0 bridgehead atoms. The Hall–Kier alpha value is -4.06. The molecule has 0 spiro atoms. The van der Waals surface area contributed by atoms with Crippen molar-refractivity contribution in [1.29, 1.82) is 0 Å². The number of benzene rings is 1. The molecule has 1 saturated heterocycles. The summed E-state index contributed by atoms with van der Waals surface area (Å²) in [5, 5.41) is 12.9. The fourth-order valence-electron chi connectivity index (χ4n) is 7.43. The Morgan fingerprint density at radius 3 is 1.85 bits per heavy atom. The van der Waals surface area contributed by atoms with Crippen molar-refractivity contribution in [3.63, 3.8) is 0 Å². The van der Waals surface area contributed by atoms with Gasteiger partial charge in [0.05, 0.1) is 136 Å². The van der Waals surface area contributed by atoms with Crippen LogP contribution in [0.25, 0.3) is 11.1 Å². The molecule has 0 amide bonds. The maximum atomic E-state index is 6.51. The van der Waals surface area contributed by atoms with Crippen LogP contribution in [0.5, 0.6) is 11.6 Å². The minimum atomic E-state index is -0.188. The van der Waals surface area contributed by atoms with Crippen molar-refractivity contribution >= 4 is 23.2 Å². The van der Waals surface area contributed by atoms with Crippen molar-refractivity contribution in [3.8, 4) is 22.8 Å². The van der Waals surface area contributed by atoms with E-state index in [1.165, 1.54) is 6.33 Å². The summed E-state index contributed by atoms with van der Waals surface area (Å²) < 4.78 is 65.5. The molecule has 4 aromatic rings. The molecule has 66 heavy (non-hydrogen) atoms. The van der Waals surface area contributed by atoms with Gasteiger partial charge in [-0.2, -0.15) is 5.10 Å². The van der Waals surface area contributed by atoms with E-state index >= 15 is 0 Å². The molecule has 4 heterocycles. The molecule has 1 aromatic carbocycles. The van der Waals surface area contributed by atoms with Gasteiger partial charge in [-0.15, -0.1) is 5.10 Å². The number of methoxy groups -OCH3 is 1. The van der Waals surface area contributed by atoms with Gasteiger partial charge in [0, 0.05) is 44.2 Å². The average Bonchev–Trinajstić information content (AvgIpc) is 4.01. The lowest BCUT2D eigenvalue weighted by atomic mass is 9.90. The number of hydrogen-bond acceptors (Lipinski definition) is 18. The molecular weight excluding hydrogens is 878 g/mol. The van der Waals surface area contributed by atoms with Gasteiger partial charge >= 0.3 is 0 Å². The summed E-state index contributed by atoms with van der Waals surface area (Å²) in [6.45, 7) is 13.8. The summed E-state index contributed by atoms with van der Waals surface area (Å²) in [4.78, 5) is 15.9. The van der Waals surface area contributed by atoms with Crippen LogP contribution < -0.4 is 14.8 Å². The number of nitrogens with one attached hydrogen (secondary N) is 1. The first-order chi connectivity index (χ1) is 32.6. The second-order valence-electron chi connectivity index (χ2n) is 15.7. The van der Waals surface area contributed by atoms with Gasteiger partial charge in [0.15, 0.2) is 0 Å². The molecule has 2 aliphatic rings. The third-order valence-corrected chi connectivity index (χ3v) is 11.1. The van der Waals surface area contributed by atoms with Crippen LogP contribution in [-0.2, 0) is 49.2 Å². The lowest BCUT2D eigenvalue weighted by Gasteiger charge is -2.38. The molecule has 1 N–H and O–H groups in total. The van der Waals surface area contributed by atoms with E-state index in [4.69, 9.17) is 68.8 Å². The molecule has 21 heteroatoms. The summed E-state index contributed by atoms with van der Waals surface area (Å²) in [5.41, 5.74) is 2.36. The summed E-state index contributed by atoms with van der Waals surface area (Å²) >= 11 is 6.51. The number of rotatable bonds is 34. The third kappa shape index (κ3) is 18.6. The summed E-state index contributed by atoms with van der Waals surface area (Å²) in [5.74, 6) is 1.44. The molecule has 0 unspecified atom stereocenters. The molecule has 366 valence electrons. The van der Waals surface area contributed by atoms with E-state index in [0.717, 1.165) is 63.1 Å². The van der Waals surface area contributed by atoms with Gasteiger partial charge in [-0.05, 0) is 50.3 Å². The molecule has 0 radical (unpaired) electrons. The van der Waals surface area contributed by atoms with Crippen molar-refractivity contribution in [3.05, 3.63) is 54.5 Å². The van der Waals surface area contributed by atoms with E-state index in [1.807, 2.05) is 36.0 Å². The first kappa shape index (κ1) is 51.3. The average molecular weight is 947 g/mol. The van der Waals surface area contributed by atoms with E-state index in [-0.39, 0.29) is 12.1 Å². The van der Waals surface area contributed by atoms with Gasteiger partial charge in [0.25, 0.3) is 5.88 Å². The summed E-state index contributed by atoms with van der Waals surface area (Å²) in [6, 6.07) is 6.45. The Balaban J connectivity index is 0.884. The van der Waals surface area contributed by atoms with Crippen molar-refractivity contribution in [2.75, 3.05) is 144 Å². The predicted molar refractivity (Wildman–Crippen MR) is 245 cm³/mol. The van der Waals surface area contributed by atoms with Crippen LogP contribution in [0.4, 0.5) is 11.6 Å². The molecule has 20 nitrogen and oxygen atoms in total. The second-order valence-corrected chi connectivity index (χ2v) is 16.1. The minimum Gasteiger partial charge on any atom is -0.487 e. The zero-order valence-electron chi connectivity index (χ0n) is 38.5. The zero-order chi connectivity index (χ0) is 45.9. The highest BCUT2D eigenvalue weighted by molar-refractivity contribution is 6.32. The van der Waals surface area contributed by atoms with Gasteiger partial charge in [0.2, 0.25) is 5.95 Å². The van der Waals surface area contributed by atoms with Crippen LogP contribution in [0.3, 0.4) is 0 Å². The largest absolute Gasteiger partial charge is 0.487 e. The fraction of sp³-hybridized carbons (Fsp3) is 0.667. The number of nitrogens with zero attached hydrogens (tertiary/aromatic N) is 8. The predicted octanol–water partition coefficient (Wildman–Crippen LogP) is 4.75. The van der Waals surface area contributed by atoms with E-state index in [0.29, 0.717) is 147 Å². The molecule has 1 aliphatic heterocycles. The van der Waals surface area contributed by atoms with Gasteiger partial charge < -0.3 is 57.4 Å². The van der Waals surface area contributed by atoms with Crippen molar-refractivity contribution in [2.24, 2.45) is 0 Å². The van der Waals surface area contributed by atoms with Gasteiger partial charge in [-0.1, -0.05) is 17.7 Å². The highest BCUT2D eigenvalue weighted by Crippen LogP contribution is 2.35. The Kier molecular flexibility index (Phi) is 23.6. The van der Waals surface area contributed by atoms with E-state index in [9.17, 15) is 0 Å². The number of aromatic nitrogens is 7. The zero-order valence-corrected chi connectivity index (χ0v) is 39.2. The van der Waals surface area contributed by atoms with E-state index in [1.54, 1.807) is 30.5 Å².